The average Bonchev–Trinajstić information content (AvgIpc) is 3.12. The van der Waals surface area contributed by atoms with Crippen LogP contribution in [0.5, 0.6) is 0 Å². The third-order valence-electron chi connectivity index (χ3n) is 3.01. The molecule has 2 N–H and O–H groups in total. The second-order valence-electron chi connectivity index (χ2n) is 4.38. The zero-order chi connectivity index (χ0) is 13.8. The molecule has 20 heavy (non-hydrogen) atoms. The molecule has 7 heteroatoms. The topological polar surface area (TPSA) is 88.0 Å². The average molecular weight is 270 g/mol. The van der Waals surface area contributed by atoms with Crippen LogP contribution in [-0.2, 0) is 6.42 Å². The lowest BCUT2D eigenvalue weighted by atomic mass is 10.2. The Balaban J connectivity index is 1.56. The molecule has 3 aromatic rings. The summed E-state index contributed by atoms with van der Waals surface area (Å²) in [4.78, 5) is 16.1. The molecule has 0 aliphatic carbocycles. The smallest absolute Gasteiger partial charge is 0.255 e. The molecule has 0 aromatic carbocycles. The number of nitrogens with one attached hydrogen (secondary N) is 2. The number of aromatic amines is 1. The van der Waals surface area contributed by atoms with Gasteiger partial charge in [-0.15, -0.1) is 0 Å². The van der Waals surface area contributed by atoms with E-state index >= 15 is 0 Å². The van der Waals surface area contributed by atoms with Crippen LogP contribution < -0.4 is 5.32 Å². The summed E-state index contributed by atoms with van der Waals surface area (Å²) >= 11 is 0. The Hall–Kier alpha value is -2.70. The summed E-state index contributed by atoms with van der Waals surface area (Å²) in [5.74, 6) is 0.721. The van der Waals surface area contributed by atoms with Gasteiger partial charge in [0.2, 0.25) is 0 Å². The van der Waals surface area contributed by atoms with Gasteiger partial charge in [0.15, 0.2) is 0 Å². The molecule has 0 fully saturated rings. The molecule has 3 aromatic heterocycles. The van der Waals surface area contributed by atoms with Gasteiger partial charge in [0.05, 0.1) is 17.3 Å². The summed E-state index contributed by atoms with van der Waals surface area (Å²) in [6.07, 6.45) is 6.44. The molecule has 1 amide bonds. The van der Waals surface area contributed by atoms with Gasteiger partial charge in [-0.25, -0.2) is 9.50 Å². The summed E-state index contributed by atoms with van der Waals surface area (Å²) in [5.41, 5.74) is 1.39. The highest BCUT2D eigenvalue weighted by Crippen LogP contribution is 2.09. The third-order valence-corrected chi connectivity index (χ3v) is 3.01. The van der Waals surface area contributed by atoms with Gasteiger partial charge in [0, 0.05) is 19.2 Å². The van der Waals surface area contributed by atoms with Crippen molar-refractivity contribution in [3.8, 4) is 0 Å². The first-order valence-corrected chi connectivity index (χ1v) is 6.39. The van der Waals surface area contributed by atoms with Crippen molar-refractivity contribution in [2.75, 3.05) is 6.54 Å². The van der Waals surface area contributed by atoms with Crippen LogP contribution in [0, 0.1) is 0 Å². The predicted molar refractivity (Wildman–Crippen MR) is 72.2 cm³/mol. The van der Waals surface area contributed by atoms with Crippen LogP contribution in [0.1, 0.15) is 22.6 Å². The van der Waals surface area contributed by atoms with Crippen LogP contribution in [0.25, 0.3) is 5.52 Å². The fourth-order valence-corrected chi connectivity index (χ4v) is 2.01. The van der Waals surface area contributed by atoms with Gasteiger partial charge in [-0.3, -0.25) is 9.89 Å². The van der Waals surface area contributed by atoms with Gasteiger partial charge < -0.3 is 5.32 Å². The lowest BCUT2D eigenvalue weighted by Gasteiger charge is -2.03. The van der Waals surface area contributed by atoms with Gasteiger partial charge in [-0.05, 0) is 18.6 Å². The maximum atomic E-state index is 12.1. The Bertz CT molecular complexity index is 703. The molecule has 0 saturated heterocycles. The van der Waals surface area contributed by atoms with E-state index in [0.717, 1.165) is 24.2 Å². The Morgan fingerprint density at radius 3 is 3.20 bits per heavy atom. The van der Waals surface area contributed by atoms with E-state index in [1.54, 1.807) is 10.7 Å². The fraction of sp³-hybridized carbons (Fsp3) is 0.231. The quantitative estimate of drug-likeness (QED) is 0.672. The van der Waals surface area contributed by atoms with Crippen molar-refractivity contribution in [2.24, 2.45) is 0 Å². The second kappa shape index (κ2) is 5.52. The number of aromatic nitrogens is 5. The first-order valence-electron chi connectivity index (χ1n) is 6.39. The van der Waals surface area contributed by atoms with Crippen LogP contribution in [0.15, 0.2) is 36.9 Å². The van der Waals surface area contributed by atoms with E-state index in [4.69, 9.17) is 0 Å². The number of pyridine rings is 1. The maximum absolute atomic E-state index is 12.1. The summed E-state index contributed by atoms with van der Waals surface area (Å²) in [6.45, 7) is 0.587. The van der Waals surface area contributed by atoms with Crippen molar-refractivity contribution in [3.05, 3.63) is 48.3 Å². The Morgan fingerprint density at radius 2 is 2.35 bits per heavy atom. The monoisotopic (exact) mass is 270 g/mol. The maximum Gasteiger partial charge on any atom is 0.255 e. The van der Waals surface area contributed by atoms with E-state index in [1.165, 1.54) is 6.33 Å². The lowest BCUT2D eigenvalue weighted by molar-refractivity contribution is 0.0955. The number of carbonyl (C=O) groups excluding carboxylic acids is 1. The Labute approximate surface area is 115 Å². The molecule has 102 valence electrons. The molecule has 0 spiro atoms. The summed E-state index contributed by atoms with van der Waals surface area (Å²) in [6, 6.07) is 5.63. The molecule has 0 aliphatic heterocycles. The molecule has 0 bridgehead atoms. The lowest BCUT2D eigenvalue weighted by Crippen LogP contribution is -2.24. The highest BCUT2D eigenvalue weighted by Gasteiger charge is 2.11. The van der Waals surface area contributed by atoms with Gasteiger partial charge in [0.25, 0.3) is 5.91 Å². The number of hydrogen-bond acceptors (Lipinski definition) is 4. The fourth-order valence-electron chi connectivity index (χ4n) is 2.01. The van der Waals surface area contributed by atoms with Crippen molar-refractivity contribution in [1.29, 1.82) is 0 Å². The standard InChI is InChI=1S/C13H14N6O/c20-13(14-6-3-5-12-15-9-16-18-12)10-8-17-19-7-2-1-4-11(10)19/h1-2,4,7-9H,3,5-6H2,(H,14,20)(H,15,16,18). The number of nitrogens with zero attached hydrogens (tertiary/aromatic N) is 4. The molecule has 3 heterocycles. The van der Waals surface area contributed by atoms with Crippen LogP contribution in [-0.4, -0.2) is 37.2 Å². The minimum atomic E-state index is -0.108. The Morgan fingerprint density at radius 1 is 1.40 bits per heavy atom. The van der Waals surface area contributed by atoms with E-state index in [0.29, 0.717) is 12.1 Å². The highest BCUT2D eigenvalue weighted by molar-refractivity contribution is 6.00. The molecule has 0 atom stereocenters. The predicted octanol–water partition coefficient (Wildman–Crippen LogP) is 0.815. The number of amides is 1. The normalized spacial score (nSPS) is 10.8. The van der Waals surface area contributed by atoms with Crippen LogP contribution in [0.4, 0.5) is 0 Å². The summed E-state index contributed by atoms with van der Waals surface area (Å²) in [5, 5.41) is 13.6. The number of fused-ring (bicyclic) bond motifs is 1. The molecule has 3 rings (SSSR count). The van der Waals surface area contributed by atoms with E-state index in [-0.39, 0.29) is 5.91 Å². The number of aryl methyl sites for hydroxylation is 1. The summed E-state index contributed by atoms with van der Waals surface area (Å²) < 4.78 is 1.68. The second-order valence-corrected chi connectivity index (χ2v) is 4.38. The zero-order valence-electron chi connectivity index (χ0n) is 10.8. The van der Waals surface area contributed by atoms with Crippen molar-refractivity contribution < 1.29 is 4.79 Å². The molecule has 7 nitrogen and oxygen atoms in total. The number of carbonyl (C=O) groups is 1. The molecule has 0 radical (unpaired) electrons. The van der Waals surface area contributed by atoms with Crippen molar-refractivity contribution in [3.63, 3.8) is 0 Å². The minimum Gasteiger partial charge on any atom is -0.352 e. The van der Waals surface area contributed by atoms with Gasteiger partial charge in [0.1, 0.15) is 12.2 Å². The van der Waals surface area contributed by atoms with Gasteiger partial charge in [-0.2, -0.15) is 10.2 Å². The van der Waals surface area contributed by atoms with E-state index in [2.05, 4.69) is 25.6 Å². The molecular formula is C13H14N6O. The summed E-state index contributed by atoms with van der Waals surface area (Å²) in [7, 11) is 0. The zero-order valence-corrected chi connectivity index (χ0v) is 10.8. The minimum absolute atomic E-state index is 0.108. The van der Waals surface area contributed by atoms with Gasteiger partial charge >= 0.3 is 0 Å². The highest BCUT2D eigenvalue weighted by atomic mass is 16.1. The van der Waals surface area contributed by atoms with Gasteiger partial charge in [-0.1, -0.05) is 6.07 Å². The van der Waals surface area contributed by atoms with Crippen LogP contribution in [0.2, 0.25) is 0 Å². The van der Waals surface area contributed by atoms with Crippen molar-refractivity contribution >= 4 is 11.4 Å². The van der Waals surface area contributed by atoms with Crippen LogP contribution in [0.3, 0.4) is 0 Å². The molecule has 0 saturated carbocycles. The largest absolute Gasteiger partial charge is 0.352 e. The molecule has 0 aliphatic rings. The first kappa shape index (κ1) is 12.3. The number of rotatable bonds is 5. The van der Waals surface area contributed by atoms with E-state index in [1.807, 2.05) is 24.4 Å². The van der Waals surface area contributed by atoms with Crippen molar-refractivity contribution in [2.45, 2.75) is 12.8 Å². The van der Waals surface area contributed by atoms with Crippen LogP contribution >= 0.6 is 0 Å². The van der Waals surface area contributed by atoms with E-state index in [9.17, 15) is 4.79 Å². The Kier molecular flexibility index (Phi) is 3.40. The molecule has 0 unspecified atom stereocenters. The van der Waals surface area contributed by atoms with Crippen molar-refractivity contribution in [1.82, 2.24) is 30.1 Å². The SMILES string of the molecule is O=C(NCCCc1ncn[nH]1)c1cnn2ccccc12. The number of H-pyrrole nitrogens is 1. The third kappa shape index (κ3) is 2.51. The number of hydrogen-bond donors (Lipinski definition) is 2. The van der Waals surface area contributed by atoms with E-state index < -0.39 is 0 Å². The first-order chi connectivity index (χ1) is 9.84. The molecular weight excluding hydrogens is 256 g/mol.